The first-order valence-corrected chi connectivity index (χ1v) is 19.6. The van der Waals surface area contributed by atoms with Crippen molar-refractivity contribution in [2.24, 2.45) is 0 Å². The molecule has 4 fully saturated rings. The highest BCUT2D eigenvalue weighted by molar-refractivity contribution is 7.81. The summed E-state index contributed by atoms with van der Waals surface area (Å²) in [6, 6.07) is 0. The Kier molecular flexibility index (Phi) is 14.3. The van der Waals surface area contributed by atoms with Crippen LogP contribution in [0.15, 0.2) is 0 Å². The van der Waals surface area contributed by atoms with Crippen molar-refractivity contribution in [1.29, 1.82) is 0 Å². The normalized spacial score (nSPS) is 47.7. The maximum absolute atomic E-state index is 11.9. The van der Waals surface area contributed by atoms with Crippen molar-refractivity contribution in [2.45, 2.75) is 151 Å². The number of aliphatic hydroxyl groups excluding tert-OH is 7. The quantitative estimate of drug-likeness (QED) is 0.0817. The van der Waals surface area contributed by atoms with Gasteiger partial charge in [-0.2, -0.15) is 25.3 Å². The minimum absolute atomic E-state index is 1.13. The average Bonchev–Trinajstić information content (AvgIpc) is 3.01. The fraction of sp³-hybridized carbons (Fsp3) is 1.00. The molecular formula is C24H42O26S3. The van der Waals surface area contributed by atoms with E-state index in [0.717, 1.165) is 20.8 Å². The van der Waals surface area contributed by atoms with Gasteiger partial charge in [-0.25, -0.2) is 12.5 Å². The van der Waals surface area contributed by atoms with Crippen LogP contribution in [0.4, 0.5) is 0 Å². The minimum Gasteiger partial charge on any atom is -0.387 e. The summed E-state index contributed by atoms with van der Waals surface area (Å²) in [5, 5.41) is 73.9. The topological polar surface area (TPSA) is 397 Å². The van der Waals surface area contributed by atoms with E-state index in [0.29, 0.717) is 0 Å². The van der Waals surface area contributed by atoms with Crippen LogP contribution in [0.1, 0.15) is 27.7 Å². The molecule has 26 nitrogen and oxygen atoms in total. The zero-order valence-electron chi connectivity index (χ0n) is 27.8. The number of aliphatic hydroxyl groups is 7. The summed E-state index contributed by atoms with van der Waals surface area (Å²) < 4.78 is 150. The summed E-state index contributed by atoms with van der Waals surface area (Å²) in [5.74, 6) is 0. The Balaban J connectivity index is 1.60. The third kappa shape index (κ3) is 10.9. The molecule has 0 aromatic heterocycles. The molecule has 4 saturated heterocycles. The molecule has 0 bridgehead atoms. The van der Waals surface area contributed by atoms with Crippen molar-refractivity contribution in [3.05, 3.63) is 0 Å². The Bertz CT molecular complexity index is 1560. The maximum Gasteiger partial charge on any atom is 0.397 e. The third-order valence-corrected chi connectivity index (χ3v) is 10.0. The van der Waals surface area contributed by atoms with E-state index in [1.54, 1.807) is 0 Å². The van der Waals surface area contributed by atoms with Crippen LogP contribution in [0.2, 0.25) is 0 Å². The van der Waals surface area contributed by atoms with Gasteiger partial charge in [0, 0.05) is 0 Å². The predicted octanol–water partition coefficient (Wildman–Crippen LogP) is -6.16. The monoisotopic (exact) mass is 842 g/mol. The van der Waals surface area contributed by atoms with Gasteiger partial charge in [0.15, 0.2) is 25.2 Å². The first kappa shape index (κ1) is 44.8. The Morgan fingerprint density at radius 3 is 1.23 bits per heavy atom. The molecule has 312 valence electrons. The lowest BCUT2D eigenvalue weighted by Gasteiger charge is -2.49. The standard InChI is InChI=1S/C24H42O26S3/c1-5-15(9(25)11(27)21(31)41-5)45-23-13(29)19(18(8(4)44-23)49-52(35,36)37)47-24-14(30)20(50-53(38,39)40)17(7(3)43-24)46-22-12(28)10(26)16(6(2)42-22)48-51(32,33)34/h5-31H,1-4H3,(H,32,33,34)(H,35,36,37)(H,38,39,40)/t5-,6-,7-,8-,9-,10-,11-,12-,13-,14-,15+,16+,17+,18+,19-,20-,21+,22-,23-,24-/m0/s1. The van der Waals surface area contributed by atoms with E-state index in [4.69, 9.17) is 37.7 Å². The highest BCUT2D eigenvalue weighted by Crippen LogP contribution is 2.36. The molecule has 0 radical (unpaired) electrons. The molecule has 4 aliphatic rings. The van der Waals surface area contributed by atoms with Crippen LogP contribution in [0.5, 0.6) is 0 Å². The van der Waals surface area contributed by atoms with E-state index < -0.39 is 154 Å². The smallest absolute Gasteiger partial charge is 0.387 e. The lowest BCUT2D eigenvalue weighted by atomic mass is 9.96. The number of rotatable bonds is 12. The number of hydrogen-bond donors (Lipinski definition) is 10. The van der Waals surface area contributed by atoms with Crippen molar-refractivity contribution >= 4 is 31.2 Å². The summed E-state index contributed by atoms with van der Waals surface area (Å²) in [5.41, 5.74) is 0. The van der Waals surface area contributed by atoms with Crippen molar-refractivity contribution in [3.63, 3.8) is 0 Å². The van der Waals surface area contributed by atoms with Gasteiger partial charge in [0.25, 0.3) is 0 Å². The Labute approximate surface area is 301 Å². The zero-order valence-corrected chi connectivity index (χ0v) is 30.2. The Morgan fingerprint density at radius 1 is 0.377 bits per heavy atom. The molecule has 20 atom stereocenters. The van der Waals surface area contributed by atoms with Crippen LogP contribution >= 0.6 is 0 Å². The molecule has 4 rings (SSSR count). The molecule has 53 heavy (non-hydrogen) atoms. The lowest BCUT2D eigenvalue weighted by molar-refractivity contribution is -0.379. The van der Waals surface area contributed by atoms with Crippen LogP contribution in [-0.4, -0.2) is 197 Å². The third-order valence-electron chi connectivity index (χ3n) is 8.65. The Hall–Kier alpha value is -0.950. The molecule has 0 spiro atoms. The van der Waals surface area contributed by atoms with E-state index >= 15 is 0 Å². The summed E-state index contributed by atoms with van der Waals surface area (Å²) in [6.45, 7) is 4.73. The van der Waals surface area contributed by atoms with Gasteiger partial charge in [0.1, 0.15) is 73.2 Å². The van der Waals surface area contributed by atoms with Crippen LogP contribution in [0, 0.1) is 0 Å². The summed E-state index contributed by atoms with van der Waals surface area (Å²) in [4.78, 5) is 0. The summed E-state index contributed by atoms with van der Waals surface area (Å²) in [6.07, 6.45) is -37.8. The van der Waals surface area contributed by atoms with Crippen molar-refractivity contribution in [1.82, 2.24) is 0 Å². The summed E-state index contributed by atoms with van der Waals surface area (Å²) in [7, 11) is -16.0. The second-order valence-corrected chi connectivity index (χ2v) is 15.7. The number of ether oxygens (including phenoxy) is 7. The van der Waals surface area contributed by atoms with Crippen molar-refractivity contribution in [3.8, 4) is 0 Å². The van der Waals surface area contributed by atoms with Gasteiger partial charge in [-0.1, -0.05) is 0 Å². The van der Waals surface area contributed by atoms with E-state index in [-0.39, 0.29) is 0 Å². The molecule has 29 heteroatoms. The first-order chi connectivity index (χ1) is 24.2. The second kappa shape index (κ2) is 16.9. The zero-order chi connectivity index (χ0) is 40.1. The fourth-order valence-electron chi connectivity index (χ4n) is 6.13. The van der Waals surface area contributed by atoms with E-state index in [9.17, 15) is 70.1 Å². The molecule has 0 aromatic carbocycles. The molecule has 0 amide bonds. The largest absolute Gasteiger partial charge is 0.397 e. The average molecular weight is 843 g/mol. The molecular weight excluding hydrogens is 800 g/mol. The van der Waals surface area contributed by atoms with E-state index in [1.807, 2.05) is 0 Å². The molecule has 4 heterocycles. The van der Waals surface area contributed by atoms with Gasteiger partial charge in [-0.15, -0.1) is 0 Å². The van der Waals surface area contributed by atoms with Crippen LogP contribution in [0.3, 0.4) is 0 Å². The van der Waals surface area contributed by atoms with Crippen LogP contribution in [0.25, 0.3) is 0 Å². The minimum atomic E-state index is -5.49. The lowest BCUT2D eigenvalue weighted by Crippen LogP contribution is -2.67. The van der Waals surface area contributed by atoms with Gasteiger partial charge in [-0.05, 0) is 27.7 Å². The van der Waals surface area contributed by atoms with Crippen molar-refractivity contribution < 1.29 is 120 Å². The van der Waals surface area contributed by atoms with Crippen LogP contribution in [-0.2, 0) is 76.9 Å². The molecule has 0 aromatic rings. The van der Waals surface area contributed by atoms with Gasteiger partial charge >= 0.3 is 31.2 Å². The highest BCUT2D eigenvalue weighted by atomic mass is 32.3. The SMILES string of the molecule is C[C@@H]1O[C@@H](O[C@H]2[C@@H](OS(=O)(=O)O)[C@H](O)[C@H](O[C@H]3[C@H](O)[C@H](O[C@H]4[C@@H](O)[C@H](O)[C@H](O)O[C@H]4C)O[C@@H](C)[C@H]3OS(=O)(=O)O)O[C@H]2C)[C@@H](O)[C@H](O)[C@@H]1OS(=O)(=O)O. The van der Waals surface area contributed by atoms with E-state index in [2.05, 4.69) is 12.5 Å². The predicted molar refractivity (Wildman–Crippen MR) is 159 cm³/mol. The molecule has 0 aliphatic carbocycles. The summed E-state index contributed by atoms with van der Waals surface area (Å²) >= 11 is 0. The molecule has 0 saturated carbocycles. The highest BCUT2D eigenvalue weighted by Gasteiger charge is 2.56. The Morgan fingerprint density at radius 2 is 0.717 bits per heavy atom. The van der Waals surface area contributed by atoms with E-state index in [1.165, 1.54) is 6.92 Å². The first-order valence-electron chi connectivity index (χ1n) is 15.5. The molecule has 0 unspecified atom stereocenters. The van der Waals surface area contributed by atoms with Gasteiger partial charge in [-0.3, -0.25) is 13.7 Å². The second-order valence-electron chi connectivity index (χ2n) is 12.6. The fourth-order valence-corrected chi connectivity index (χ4v) is 7.74. The van der Waals surface area contributed by atoms with Crippen LogP contribution < -0.4 is 0 Å². The maximum atomic E-state index is 11.9. The molecule has 4 aliphatic heterocycles. The number of hydrogen-bond acceptors (Lipinski definition) is 23. The van der Waals surface area contributed by atoms with Gasteiger partial charge < -0.3 is 68.9 Å². The molecule has 10 N–H and O–H groups in total. The van der Waals surface area contributed by atoms with Gasteiger partial charge in [0.2, 0.25) is 0 Å². The van der Waals surface area contributed by atoms with Crippen molar-refractivity contribution in [2.75, 3.05) is 0 Å². The van der Waals surface area contributed by atoms with Gasteiger partial charge in [0.05, 0.1) is 24.4 Å².